The molecule has 2 N–H and O–H groups in total. The van der Waals surface area contributed by atoms with Gasteiger partial charge in [-0.05, 0) is 38.1 Å². The molecule has 0 spiro atoms. The van der Waals surface area contributed by atoms with Crippen LogP contribution in [0.1, 0.15) is 6.42 Å². The number of hydrogen-bond donors (Lipinski definition) is 2. The minimum Gasteiger partial charge on any atom is -0.324 e. The Morgan fingerprint density at radius 2 is 2.26 bits per heavy atom. The van der Waals surface area contributed by atoms with Gasteiger partial charge >= 0.3 is 6.03 Å². The number of anilines is 1. The van der Waals surface area contributed by atoms with Gasteiger partial charge in [-0.25, -0.2) is 13.6 Å². The van der Waals surface area contributed by atoms with Crippen LogP contribution in [0.5, 0.6) is 0 Å². The molecular formula is C13H17F2N3O. The molecule has 1 aromatic rings. The van der Waals surface area contributed by atoms with Crippen molar-refractivity contribution in [1.82, 2.24) is 10.2 Å². The monoisotopic (exact) mass is 269 g/mol. The lowest BCUT2D eigenvalue weighted by atomic mass is 10.1. The highest BCUT2D eigenvalue weighted by atomic mass is 19.1. The molecule has 2 amide bonds. The van der Waals surface area contributed by atoms with E-state index >= 15 is 0 Å². The van der Waals surface area contributed by atoms with E-state index in [2.05, 4.69) is 10.6 Å². The molecule has 1 heterocycles. The van der Waals surface area contributed by atoms with Crippen molar-refractivity contribution in [3.8, 4) is 0 Å². The van der Waals surface area contributed by atoms with Crippen LogP contribution in [-0.2, 0) is 0 Å². The molecule has 1 atom stereocenters. The Bertz CT molecular complexity index is 467. The predicted molar refractivity (Wildman–Crippen MR) is 69.0 cm³/mol. The largest absolute Gasteiger partial charge is 0.324 e. The smallest absolute Gasteiger partial charge is 0.321 e. The predicted octanol–water partition coefficient (Wildman–Crippen LogP) is 2.04. The average molecular weight is 269 g/mol. The van der Waals surface area contributed by atoms with Gasteiger partial charge < -0.3 is 15.5 Å². The molecule has 1 aromatic carbocycles. The molecule has 6 heteroatoms. The molecule has 1 saturated heterocycles. The van der Waals surface area contributed by atoms with Gasteiger partial charge in [0.15, 0.2) is 0 Å². The number of urea groups is 1. The maximum Gasteiger partial charge on any atom is 0.321 e. The summed E-state index contributed by atoms with van der Waals surface area (Å²) >= 11 is 0. The summed E-state index contributed by atoms with van der Waals surface area (Å²) in [7, 11) is 1.87. The number of rotatable bonds is 3. The van der Waals surface area contributed by atoms with Crippen molar-refractivity contribution < 1.29 is 13.6 Å². The van der Waals surface area contributed by atoms with Gasteiger partial charge in [0.2, 0.25) is 0 Å². The van der Waals surface area contributed by atoms with Gasteiger partial charge in [-0.3, -0.25) is 0 Å². The summed E-state index contributed by atoms with van der Waals surface area (Å²) in [5, 5.41) is 5.54. The normalized spacial score (nSPS) is 18.7. The van der Waals surface area contributed by atoms with E-state index in [4.69, 9.17) is 0 Å². The van der Waals surface area contributed by atoms with Crippen LogP contribution in [0.25, 0.3) is 0 Å². The highest BCUT2D eigenvalue weighted by Crippen LogP contribution is 2.19. The SMILES string of the molecule is CNCC1CCN(C(=O)Nc2ccc(F)cc2F)C1. The molecule has 1 aliphatic heterocycles. The second kappa shape index (κ2) is 5.97. The number of carbonyl (C=O) groups excluding carboxylic acids is 1. The van der Waals surface area contributed by atoms with Crippen molar-refractivity contribution in [2.45, 2.75) is 6.42 Å². The van der Waals surface area contributed by atoms with E-state index in [9.17, 15) is 13.6 Å². The Kier molecular flexibility index (Phi) is 4.31. The fourth-order valence-corrected chi connectivity index (χ4v) is 2.26. The zero-order valence-corrected chi connectivity index (χ0v) is 10.7. The van der Waals surface area contributed by atoms with Crippen molar-refractivity contribution >= 4 is 11.7 Å². The Morgan fingerprint density at radius 3 is 2.95 bits per heavy atom. The number of benzene rings is 1. The minimum atomic E-state index is -0.765. The van der Waals surface area contributed by atoms with E-state index in [0.717, 1.165) is 25.1 Å². The zero-order chi connectivity index (χ0) is 13.8. The summed E-state index contributed by atoms with van der Waals surface area (Å²) in [5.74, 6) is -1.00. The molecule has 104 valence electrons. The van der Waals surface area contributed by atoms with Crippen LogP contribution in [0, 0.1) is 17.6 Å². The molecule has 0 saturated carbocycles. The maximum absolute atomic E-state index is 13.4. The summed E-state index contributed by atoms with van der Waals surface area (Å²) in [5.41, 5.74) is 0.00321. The first-order valence-electron chi connectivity index (χ1n) is 6.25. The van der Waals surface area contributed by atoms with Crippen molar-refractivity contribution in [1.29, 1.82) is 0 Å². The molecule has 0 aliphatic carbocycles. The number of carbonyl (C=O) groups is 1. The van der Waals surface area contributed by atoms with Crippen LogP contribution in [0.2, 0.25) is 0 Å². The third-order valence-electron chi connectivity index (χ3n) is 3.24. The van der Waals surface area contributed by atoms with Crippen LogP contribution < -0.4 is 10.6 Å². The summed E-state index contributed by atoms with van der Waals surface area (Å²) in [6.07, 6.45) is 0.931. The molecule has 2 rings (SSSR count). The van der Waals surface area contributed by atoms with Crippen molar-refractivity contribution in [2.75, 3.05) is 32.0 Å². The van der Waals surface area contributed by atoms with Gasteiger partial charge in [-0.15, -0.1) is 0 Å². The van der Waals surface area contributed by atoms with E-state index in [-0.39, 0.29) is 11.7 Å². The average Bonchev–Trinajstić information content (AvgIpc) is 2.82. The number of nitrogens with zero attached hydrogens (tertiary/aromatic N) is 1. The quantitative estimate of drug-likeness (QED) is 0.882. The van der Waals surface area contributed by atoms with Crippen LogP contribution in [0.4, 0.5) is 19.3 Å². The van der Waals surface area contributed by atoms with E-state index in [0.29, 0.717) is 19.0 Å². The minimum absolute atomic E-state index is 0.00321. The van der Waals surface area contributed by atoms with Gasteiger partial charge in [-0.2, -0.15) is 0 Å². The highest BCUT2D eigenvalue weighted by molar-refractivity contribution is 5.89. The first-order valence-corrected chi connectivity index (χ1v) is 6.25. The van der Waals surface area contributed by atoms with Gasteiger partial charge in [0.05, 0.1) is 5.69 Å². The molecule has 1 fully saturated rings. The second-order valence-electron chi connectivity index (χ2n) is 4.71. The number of halogens is 2. The summed E-state index contributed by atoms with van der Waals surface area (Å²) in [6.45, 7) is 2.16. The lowest BCUT2D eigenvalue weighted by Crippen LogP contribution is -2.34. The first kappa shape index (κ1) is 13.7. The second-order valence-corrected chi connectivity index (χ2v) is 4.71. The standard InChI is InChI=1S/C13H17F2N3O/c1-16-7-9-4-5-18(8-9)13(19)17-12-3-2-10(14)6-11(12)15/h2-3,6,9,16H,4-5,7-8H2,1H3,(H,17,19). The van der Waals surface area contributed by atoms with Crippen LogP contribution in [0.15, 0.2) is 18.2 Å². The lowest BCUT2D eigenvalue weighted by Gasteiger charge is -2.17. The van der Waals surface area contributed by atoms with E-state index in [1.807, 2.05) is 7.05 Å². The van der Waals surface area contributed by atoms with E-state index in [1.165, 1.54) is 6.07 Å². The fraction of sp³-hybridized carbons (Fsp3) is 0.462. The summed E-state index contributed by atoms with van der Waals surface area (Å²) in [4.78, 5) is 13.6. The van der Waals surface area contributed by atoms with Crippen LogP contribution >= 0.6 is 0 Å². The van der Waals surface area contributed by atoms with Crippen molar-refractivity contribution in [3.63, 3.8) is 0 Å². The number of likely N-dealkylation sites (tertiary alicyclic amines) is 1. The Morgan fingerprint density at radius 1 is 1.47 bits per heavy atom. The number of nitrogens with one attached hydrogen (secondary N) is 2. The molecule has 0 bridgehead atoms. The van der Waals surface area contributed by atoms with E-state index in [1.54, 1.807) is 4.90 Å². The molecular weight excluding hydrogens is 252 g/mol. The molecule has 1 unspecified atom stereocenters. The number of hydrogen-bond acceptors (Lipinski definition) is 2. The maximum atomic E-state index is 13.4. The van der Waals surface area contributed by atoms with E-state index < -0.39 is 11.6 Å². The zero-order valence-electron chi connectivity index (χ0n) is 10.7. The Labute approximate surface area is 110 Å². The van der Waals surface area contributed by atoms with Gasteiger partial charge in [0.25, 0.3) is 0 Å². The third-order valence-corrected chi connectivity index (χ3v) is 3.24. The lowest BCUT2D eigenvalue weighted by molar-refractivity contribution is 0.220. The topological polar surface area (TPSA) is 44.4 Å². The Hall–Kier alpha value is -1.69. The molecule has 1 aliphatic rings. The summed E-state index contributed by atoms with van der Waals surface area (Å²) < 4.78 is 26.2. The van der Waals surface area contributed by atoms with Crippen LogP contribution in [-0.4, -0.2) is 37.6 Å². The Balaban J connectivity index is 1.94. The van der Waals surface area contributed by atoms with Crippen molar-refractivity contribution in [3.05, 3.63) is 29.8 Å². The number of amides is 2. The summed E-state index contributed by atoms with van der Waals surface area (Å²) in [6, 6.07) is 2.75. The molecule has 0 radical (unpaired) electrons. The van der Waals surface area contributed by atoms with Crippen LogP contribution in [0.3, 0.4) is 0 Å². The van der Waals surface area contributed by atoms with Crippen molar-refractivity contribution in [2.24, 2.45) is 5.92 Å². The van der Waals surface area contributed by atoms with Gasteiger partial charge in [0.1, 0.15) is 11.6 Å². The first-order chi connectivity index (χ1) is 9.10. The fourth-order valence-electron chi connectivity index (χ4n) is 2.26. The molecule has 0 aromatic heterocycles. The van der Waals surface area contributed by atoms with Gasteiger partial charge in [-0.1, -0.05) is 0 Å². The highest BCUT2D eigenvalue weighted by Gasteiger charge is 2.26. The van der Waals surface area contributed by atoms with Gasteiger partial charge in [0, 0.05) is 19.2 Å². The molecule has 19 heavy (non-hydrogen) atoms. The third kappa shape index (κ3) is 3.41. The molecule has 4 nitrogen and oxygen atoms in total.